The second-order valence-electron chi connectivity index (χ2n) is 8.31. The zero-order valence-electron chi connectivity index (χ0n) is 16.9. The molecule has 0 aliphatic carbocycles. The number of carbonyl (C=O) groups is 3. The van der Waals surface area contributed by atoms with Gasteiger partial charge >= 0.3 is 0 Å². The number of rotatable bonds is 6. The molecular formula is C22H31N3O3. The molecule has 0 aromatic heterocycles. The number of nitrogens with zero attached hydrogens (tertiary/aromatic N) is 2. The average Bonchev–Trinajstić information content (AvgIpc) is 3.09. The number of hydrogen-bond donors (Lipinski definition) is 1. The molecule has 0 saturated carbocycles. The molecule has 1 aromatic carbocycles. The van der Waals surface area contributed by atoms with Crippen LogP contribution in [0, 0.1) is 17.8 Å². The molecule has 0 radical (unpaired) electrons. The lowest BCUT2D eigenvalue weighted by atomic mass is 9.94. The van der Waals surface area contributed by atoms with Crippen LogP contribution in [0.3, 0.4) is 0 Å². The van der Waals surface area contributed by atoms with Gasteiger partial charge in [-0.25, -0.2) is 0 Å². The molecule has 0 bridgehead atoms. The first-order valence-corrected chi connectivity index (χ1v) is 10.4. The number of amides is 3. The molecule has 2 aliphatic heterocycles. The van der Waals surface area contributed by atoms with E-state index < -0.39 is 0 Å². The number of benzene rings is 1. The van der Waals surface area contributed by atoms with Crippen molar-refractivity contribution in [2.45, 2.75) is 39.5 Å². The maximum Gasteiger partial charge on any atom is 0.228 e. The molecule has 2 fully saturated rings. The summed E-state index contributed by atoms with van der Waals surface area (Å²) in [5.41, 5.74) is 0.847. The second-order valence-corrected chi connectivity index (χ2v) is 8.31. The topological polar surface area (TPSA) is 69.7 Å². The predicted octanol–water partition coefficient (Wildman–Crippen LogP) is 2.44. The van der Waals surface area contributed by atoms with Crippen molar-refractivity contribution in [3.63, 3.8) is 0 Å². The van der Waals surface area contributed by atoms with Gasteiger partial charge in [0.2, 0.25) is 17.7 Å². The lowest BCUT2D eigenvalue weighted by molar-refractivity contribution is -0.139. The van der Waals surface area contributed by atoms with Gasteiger partial charge in [-0.3, -0.25) is 14.4 Å². The minimum absolute atomic E-state index is 0.00367. The number of anilines is 1. The Kier molecular flexibility index (Phi) is 6.70. The van der Waals surface area contributed by atoms with E-state index in [9.17, 15) is 14.4 Å². The maximum absolute atomic E-state index is 12.9. The Bertz CT molecular complexity index is 696. The minimum atomic E-state index is -0.288. The summed E-state index contributed by atoms with van der Waals surface area (Å²) in [6, 6.07) is 9.50. The molecule has 1 unspecified atom stereocenters. The van der Waals surface area contributed by atoms with Crippen molar-refractivity contribution in [1.82, 2.24) is 10.2 Å². The molecule has 1 atom stereocenters. The zero-order chi connectivity index (χ0) is 20.1. The monoisotopic (exact) mass is 385 g/mol. The Morgan fingerprint density at radius 1 is 1.11 bits per heavy atom. The molecule has 2 saturated heterocycles. The Morgan fingerprint density at radius 2 is 1.79 bits per heavy atom. The molecule has 2 heterocycles. The zero-order valence-corrected chi connectivity index (χ0v) is 16.9. The SMILES string of the molecule is CC(C)CCNC(=O)C1CCN(C(=O)C2CC(=O)N(c3ccccc3)C2)CC1. The Morgan fingerprint density at radius 3 is 2.43 bits per heavy atom. The van der Waals surface area contributed by atoms with Crippen LogP contribution in [0.4, 0.5) is 5.69 Å². The molecule has 0 spiro atoms. The molecule has 2 aliphatic rings. The summed E-state index contributed by atoms with van der Waals surface area (Å²) < 4.78 is 0. The van der Waals surface area contributed by atoms with Crippen molar-refractivity contribution < 1.29 is 14.4 Å². The fraction of sp³-hybridized carbons (Fsp3) is 0.591. The predicted molar refractivity (Wildman–Crippen MR) is 109 cm³/mol. The molecule has 152 valence electrons. The largest absolute Gasteiger partial charge is 0.356 e. The molecule has 6 heteroatoms. The van der Waals surface area contributed by atoms with Gasteiger partial charge in [0.15, 0.2) is 0 Å². The van der Waals surface area contributed by atoms with Crippen LogP contribution < -0.4 is 10.2 Å². The molecule has 1 aromatic rings. The lowest BCUT2D eigenvalue weighted by Crippen LogP contribution is -2.45. The van der Waals surface area contributed by atoms with E-state index in [2.05, 4.69) is 19.2 Å². The van der Waals surface area contributed by atoms with Crippen LogP contribution in [0.15, 0.2) is 30.3 Å². The molecule has 6 nitrogen and oxygen atoms in total. The van der Waals surface area contributed by atoms with Crippen LogP contribution >= 0.6 is 0 Å². The fourth-order valence-electron chi connectivity index (χ4n) is 3.98. The van der Waals surface area contributed by atoms with Crippen LogP contribution in [0.1, 0.15) is 39.5 Å². The lowest BCUT2D eigenvalue weighted by Gasteiger charge is -2.33. The van der Waals surface area contributed by atoms with Crippen LogP contribution in [0.25, 0.3) is 0 Å². The number of piperidine rings is 1. The third-order valence-electron chi connectivity index (χ3n) is 5.74. The molecule has 3 rings (SSSR count). The van der Waals surface area contributed by atoms with Crippen molar-refractivity contribution in [3.05, 3.63) is 30.3 Å². The van der Waals surface area contributed by atoms with E-state index >= 15 is 0 Å². The van der Waals surface area contributed by atoms with E-state index in [1.807, 2.05) is 35.2 Å². The second kappa shape index (κ2) is 9.22. The van der Waals surface area contributed by atoms with Crippen molar-refractivity contribution in [1.29, 1.82) is 0 Å². The van der Waals surface area contributed by atoms with Crippen LogP contribution in [-0.4, -0.2) is 48.8 Å². The van der Waals surface area contributed by atoms with Gasteiger partial charge in [0.05, 0.1) is 5.92 Å². The summed E-state index contributed by atoms with van der Waals surface area (Å²) in [5, 5.41) is 3.02. The standard InChI is InChI=1S/C22H31N3O3/c1-16(2)8-11-23-21(27)17-9-12-24(13-10-17)22(28)18-14-20(26)25(15-18)19-6-4-3-5-7-19/h3-7,16-18H,8-15H2,1-2H3,(H,23,27). The summed E-state index contributed by atoms with van der Waals surface area (Å²) in [7, 11) is 0. The summed E-state index contributed by atoms with van der Waals surface area (Å²) in [6.45, 7) is 6.63. The molecular weight excluding hydrogens is 354 g/mol. The highest BCUT2D eigenvalue weighted by atomic mass is 16.2. The average molecular weight is 386 g/mol. The van der Waals surface area contributed by atoms with Gasteiger partial charge in [0.25, 0.3) is 0 Å². The summed E-state index contributed by atoms with van der Waals surface area (Å²) in [5.74, 6) is 0.434. The van der Waals surface area contributed by atoms with Gasteiger partial charge in [-0.2, -0.15) is 0 Å². The number of para-hydroxylation sites is 1. The highest BCUT2D eigenvalue weighted by molar-refractivity contribution is 6.00. The number of likely N-dealkylation sites (tertiary alicyclic amines) is 1. The molecule has 28 heavy (non-hydrogen) atoms. The maximum atomic E-state index is 12.9. The van der Waals surface area contributed by atoms with E-state index in [1.165, 1.54) is 0 Å². The Labute approximate surface area is 167 Å². The van der Waals surface area contributed by atoms with E-state index in [0.29, 0.717) is 38.4 Å². The number of nitrogens with one attached hydrogen (secondary N) is 1. The number of carbonyl (C=O) groups excluding carboxylic acids is 3. The summed E-state index contributed by atoms with van der Waals surface area (Å²) >= 11 is 0. The summed E-state index contributed by atoms with van der Waals surface area (Å²) in [4.78, 5) is 41.1. The quantitative estimate of drug-likeness (QED) is 0.818. The minimum Gasteiger partial charge on any atom is -0.356 e. The molecule has 3 amide bonds. The van der Waals surface area contributed by atoms with Gasteiger partial charge in [-0.05, 0) is 37.3 Å². The molecule has 1 N–H and O–H groups in total. The van der Waals surface area contributed by atoms with Gasteiger partial charge in [0.1, 0.15) is 0 Å². The van der Waals surface area contributed by atoms with E-state index in [4.69, 9.17) is 0 Å². The Balaban J connectivity index is 1.48. The van der Waals surface area contributed by atoms with Gasteiger partial charge in [0, 0.05) is 44.2 Å². The van der Waals surface area contributed by atoms with Gasteiger partial charge in [-0.15, -0.1) is 0 Å². The van der Waals surface area contributed by atoms with Crippen molar-refractivity contribution in [2.24, 2.45) is 17.8 Å². The normalized spacial score (nSPS) is 20.7. The van der Waals surface area contributed by atoms with E-state index in [1.54, 1.807) is 4.90 Å². The van der Waals surface area contributed by atoms with Crippen molar-refractivity contribution in [2.75, 3.05) is 31.1 Å². The van der Waals surface area contributed by atoms with Crippen LogP contribution in [-0.2, 0) is 14.4 Å². The highest BCUT2D eigenvalue weighted by Crippen LogP contribution is 2.27. The van der Waals surface area contributed by atoms with Crippen molar-refractivity contribution in [3.8, 4) is 0 Å². The first-order chi connectivity index (χ1) is 13.5. The third-order valence-corrected chi connectivity index (χ3v) is 5.74. The fourth-order valence-corrected chi connectivity index (χ4v) is 3.98. The smallest absolute Gasteiger partial charge is 0.228 e. The third kappa shape index (κ3) is 4.91. The van der Waals surface area contributed by atoms with Crippen LogP contribution in [0.2, 0.25) is 0 Å². The van der Waals surface area contributed by atoms with Gasteiger partial charge in [-0.1, -0.05) is 32.0 Å². The van der Waals surface area contributed by atoms with Gasteiger partial charge < -0.3 is 15.1 Å². The first-order valence-electron chi connectivity index (χ1n) is 10.4. The number of hydrogen-bond acceptors (Lipinski definition) is 3. The van der Waals surface area contributed by atoms with E-state index in [-0.39, 0.29) is 36.0 Å². The highest BCUT2D eigenvalue weighted by Gasteiger charge is 2.38. The van der Waals surface area contributed by atoms with Crippen LogP contribution in [0.5, 0.6) is 0 Å². The summed E-state index contributed by atoms with van der Waals surface area (Å²) in [6.07, 6.45) is 2.64. The Hall–Kier alpha value is -2.37. The first kappa shape index (κ1) is 20.4. The van der Waals surface area contributed by atoms with E-state index in [0.717, 1.165) is 18.7 Å². The van der Waals surface area contributed by atoms with Crippen molar-refractivity contribution >= 4 is 23.4 Å².